The summed E-state index contributed by atoms with van der Waals surface area (Å²) in [5.41, 5.74) is 6.71. The molecule has 1 aromatic rings. The quantitative estimate of drug-likeness (QED) is 0.871. The molecule has 0 heterocycles. The predicted octanol–water partition coefficient (Wildman–Crippen LogP) is 3.81. The molecule has 2 N–H and O–H groups in total. The van der Waals surface area contributed by atoms with Crippen molar-refractivity contribution >= 4 is 0 Å². The second-order valence-electron chi connectivity index (χ2n) is 5.76. The normalized spacial score (nSPS) is 20.7. The first-order valence-corrected chi connectivity index (χ1v) is 6.71. The summed E-state index contributed by atoms with van der Waals surface area (Å²) >= 11 is 0. The van der Waals surface area contributed by atoms with Crippen LogP contribution in [0.5, 0.6) is 0 Å². The molecule has 1 aromatic carbocycles. The summed E-state index contributed by atoms with van der Waals surface area (Å²) in [6.07, 6.45) is 6.23. The molecule has 0 radical (unpaired) electrons. The smallest absolute Gasteiger partial charge is 0.126 e. The zero-order chi connectivity index (χ0) is 13.2. The minimum atomic E-state index is -0.396. The zero-order valence-electron chi connectivity index (χ0n) is 10.9. The van der Waals surface area contributed by atoms with Crippen LogP contribution in [0.25, 0.3) is 0 Å². The van der Waals surface area contributed by atoms with Crippen molar-refractivity contribution in [1.82, 2.24) is 0 Å². The van der Waals surface area contributed by atoms with E-state index in [0.29, 0.717) is 12.0 Å². The van der Waals surface area contributed by atoms with E-state index < -0.39 is 5.82 Å². The molecule has 1 fully saturated rings. The van der Waals surface area contributed by atoms with E-state index in [1.807, 2.05) is 0 Å². The van der Waals surface area contributed by atoms with Gasteiger partial charge < -0.3 is 5.73 Å². The van der Waals surface area contributed by atoms with Crippen LogP contribution in [-0.2, 0) is 6.42 Å². The molecular formula is C15H21F2N. The fourth-order valence-corrected chi connectivity index (χ4v) is 2.91. The maximum Gasteiger partial charge on any atom is 0.126 e. The van der Waals surface area contributed by atoms with E-state index in [9.17, 15) is 8.78 Å². The van der Waals surface area contributed by atoms with E-state index in [0.717, 1.165) is 18.9 Å². The minimum absolute atomic E-state index is 0.0665. The number of hydrogen-bond donors (Lipinski definition) is 1. The molecule has 0 amide bonds. The van der Waals surface area contributed by atoms with Gasteiger partial charge in [0.2, 0.25) is 0 Å². The lowest BCUT2D eigenvalue weighted by molar-refractivity contribution is 0.168. The van der Waals surface area contributed by atoms with Gasteiger partial charge in [0.25, 0.3) is 0 Å². The zero-order valence-corrected chi connectivity index (χ0v) is 10.9. The van der Waals surface area contributed by atoms with Crippen molar-refractivity contribution in [3.05, 3.63) is 35.4 Å². The highest BCUT2D eigenvalue weighted by Gasteiger charge is 2.33. The Labute approximate surface area is 107 Å². The van der Waals surface area contributed by atoms with Gasteiger partial charge in [0.05, 0.1) is 0 Å². The lowest BCUT2D eigenvalue weighted by Crippen LogP contribution is -2.42. The summed E-state index contributed by atoms with van der Waals surface area (Å²) in [4.78, 5) is 0. The van der Waals surface area contributed by atoms with Crippen LogP contribution in [0.15, 0.2) is 18.2 Å². The molecule has 0 aliphatic heterocycles. The Morgan fingerprint density at radius 1 is 1.22 bits per heavy atom. The molecule has 0 spiro atoms. The van der Waals surface area contributed by atoms with Crippen LogP contribution in [0.1, 0.15) is 44.6 Å². The van der Waals surface area contributed by atoms with E-state index in [1.165, 1.54) is 31.4 Å². The monoisotopic (exact) mass is 253 g/mol. The number of halogens is 2. The lowest BCUT2D eigenvalue weighted by Gasteiger charge is -2.39. The summed E-state index contributed by atoms with van der Waals surface area (Å²) in [5.74, 6) is -0.751. The number of benzene rings is 1. The number of nitrogens with two attached hydrogens (primary N) is 1. The van der Waals surface area contributed by atoms with Gasteiger partial charge in [0.15, 0.2) is 0 Å². The van der Waals surface area contributed by atoms with Crippen LogP contribution < -0.4 is 5.73 Å². The van der Waals surface area contributed by atoms with Crippen molar-refractivity contribution in [2.75, 3.05) is 0 Å². The van der Waals surface area contributed by atoms with Gasteiger partial charge in [0.1, 0.15) is 11.6 Å². The van der Waals surface area contributed by atoms with E-state index in [2.05, 4.69) is 6.92 Å². The third-order valence-corrected chi connectivity index (χ3v) is 4.34. The van der Waals surface area contributed by atoms with Crippen LogP contribution in [0, 0.1) is 17.0 Å². The molecule has 2 rings (SSSR count). The van der Waals surface area contributed by atoms with E-state index in [1.54, 1.807) is 0 Å². The van der Waals surface area contributed by atoms with Crippen molar-refractivity contribution in [3.63, 3.8) is 0 Å². The Kier molecular flexibility index (Phi) is 4.00. The fraction of sp³-hybridized carbons (Fsp3) is 0.600. The molecule has 0 bridgehead atoms. The van der Waals surface area contributed by atoms with Gasteiger partial charge in [0, 0.05) is 6.04 Å². The van der Waals surface area contributed by atoms with E-state index in [4.69, 9.17) is 5.73 Å². The van der Waals surface area contributed by atoms with Gasteiger partial charge in [-0.3, -0.25) is 0 Å². The first kappa shape index (κ1) is 13.5. The first-order chi connectivity index (χ1) is 8.51. The number of hydrogen-bond acceptors (Lipinski definition) is 1. The van der Waals surface area contributed by atoms with Crippen molar-refractivity contribution < 1.29 is 8.78 Å². The average Bonchev–Trinajstić information content (AvgIpc) is 2.35. The summed E-state index contributed by atoms with van der Waals surface area (Å²) < 4.78 is 26.7. The maximum absolute atomic E-state index is 13.6. The standard InChI is InChI=1S/C15H21F2N/c1-15(7-3-2-4-8-15)14(18)10-11-9-12(16)5-6-13(11)17/h5-6,9,14H,2-4,7-8,10,18H2,1H3. The molecule has 1 unspecified atom stereocenters. The average molecular weight is 253 g/mol. The maximum atomic E-state index is 13.6. The van der Waals surface area contributed by atoms with Crippen LogP contribution in [-0.4, -0.2) is 6.04 Å². The molecule has 0 saturated heterocycles. The van der Waals surface area contributed by atoms with Crippen molar-refractivity contribution in [1.29, 1.82) is 0 Å². The predicted molar refractivity (Wildman–Crippen MR) is 69.2 cm³/mol. The summed E-state index contributed by atoms with van der Waals surface area (Å²) in [5, 5.41) is 0. The molecule has 1 saturated carbocycles. The van der Waals surface area contributed by atoms with Crippen molar-refractivity contribution in [3.8, 4) is 0 Å². The Balaban J connectivity index is 2.10. The van der Waals surface area contributed by atoms with Gasteiger partial charge in [-0.2, -0.15) is 0 Å². The molecular weight excluding hydrogens is 232 g/mol. The summed E-state index contributed by atoms with van der Waals surface area (Å²) in [6, 6.07) is 3.49. The van der Waals surface area contributed by atoms with Gasteiger partial charge >= 0.3 is 0 Å². The van der Waals surface area contributed by atoms with E-state index >= 15 is 0 Å². The highest BCUT2D eigenvalue weighted by Crippen LogP contribution is 2.39. The third-order valence-electron chi connectivity index (χ3n) is 4.34. The Hall–Kier alpha value is -0.960. The molecule has 1 atom stereocenters. The lowest BCUT2D eigenvalue weighted by atomic mass is 9.69. The third kappa shape index (κ3) is 2.89. The molecule has 100 valence electrons. The molecule has 1 nitrogen and oxygen atoms in total. The fourth-order valence-electron chi connectivity index (χ4n) is 2.91. The molecule has 0 aromatic heterocycles. The second-order valence-corrected chi connectivity index (χ2v) is 5.76. The minimum Gasteiger partial charge on any atom is -0.327 e. The molecule has 1 aliphatic rings. The molecule has 18 heavy (non-hydrogen) atoms. The summed E-state index contributed by atoms with van der Waals surface area (Å²) in [6.45, 7) is 2.17. The van der Waals surface area contributed by atoms with Gasteiger partial charge in [-0.1, -0.05) is 26.2 Å². The topological polar surface area (TPSA) is 26.0 Å². The SMILES string of the molecule is CC1(C(N)Cc2cc(F)ccc2F)CCCCC1. The van der Waals surface area contributed by atoms with Crippen LogP contribution in [0.4, 0.5) is 8.78 Å². The van der Waals surface area contributed by atoms with Crippen LogP contribution in [0.3, 0.4) is 0 Å². The van der Waals surface area contributed by atoms with Gasteiger partial charge in [-0.25, -0.2) is 8.78 Å². The highest BCUT2D eigenvalue weighted by atomic mass is 19.1. The largest absolute Gasteiger partial charge is 0.327 e. The van der Waals surface area contributed by atoms with E-state index in [-0.39, 0.29) is 17.3 Å². The Morgan fingerprint density at radius 3 is 2.56 bits per heavy atom. The molecule has 3 heteroatoms. The van der Waals surface area contributed by atoms with Crippen molar-refractivity contribution in [2.24, 2.45) is 11.1 Å². The second kappa shape index (κ2) is 5.35. The first-order valence-electron chi connectivity index (χ1n) is 6.71. The van der Waals surface area contributed by atoms with Crippen LogP contribution in [0.2, 0.25) is 0 Å². The van der Waals surface area contributed by atoms with Crippen LogP contribution >= 0.6 is 0 Å². The summed E-state index contributed by atoms with van der Waals surface area (Å²) in [7, 11) is 0. The molecule has 1 aliphatic carbocycles. The number of rotatable bonds is 3. The van der Waals surface area contributed by atoms with Gasteiger partial charge in [-0.15, -0.1) is 0 Å². The Morgan fingerprint density at radius 2 is 1.89 bits per heavy atom. The highest BCUT2D eigenvalue weighted by molar-refractivity contribution is 5.20. The van der Waals surface area contributed by atoms with Crippen molar-refractivity contribution in [2.45, 2.75) is 51.5 Å². The van der Waals surface area contributed by atoms with Gasteiger partial charge in [-0.05, 0) is 48.4 Å². The Bertz CT molecular complexity index is 411.